The molecule has 0 bridgehead atoms. The Labute approximate surface area is 133 Å². The van der Waals surface area contributed by atoms with Gasteiger partial charge in [0, 0.05) is 12.6 Å². The molecule has 0 saturated carbocycles. The second kappa shape index (κ2) is 6.44. The van der Waals surface area contributed by atoms with Crippen molar-refractivity contribution in [2.45, 2.75) is 13.3 Å². The van der Waals surface area contributed by atoms with Crippen LogP contribution >= 0.6 is 0 Å². The molecule has 1 aromatic carbocycles. The topological polar surface area (TPSA) is 60.7 Å². The van der Waals surface area contributed by atoms with Crippen molar-refractivity contribution in [2.24, 2.45) is 0 Å². The highest BCUT2D eigenvalue weighted by Crippen LogP contribution is 2.12. The van der Waals surface area contributed by atoms with E-state index in [2.05, 4.69) is 4.98 Å². The van der Waals surface area contributed by atoms with Crippen LogP contribution in [0.1, 0.15) is 28.5 Å². The highest BCUT2D eigenvalue weighted by Gasteiger charge is 2.21. The molecule has 0 aliphatic carbocycles. The zero-order valence-electron chi connectivity index (χ0n) is 12.7. The average Bonchev–Trinajstić information content (AvgIpc) is 2.56. The fraction of sp³-hybridized carbons (Fsp3) is 0.167. The number of aromatic nitrogens is 2. The fourth-order valence-electron chi connectivity index (χ4n) is 2.46. The van der Waals surface area contributed by atoms with Gasteiger partial charge in [-0.25, -0.2) is 9.78 Å². The van der Waals surface area contributed by atoms with Crippen LogP contribution in [0.4, 0.5) is 0 Å². The second-order valence-corrected chi connectivity index (χ2v) is 5.05. The lowest BCUT2D eigenvalue weighted by atomic mass is 10.1. The number of hydrogen-bond acceptors (Lipinski definition) is 4. The van der Waals surface area contributed by atoms with E-state index in [1.165, 1.54) is 4.40 Å². The van der Waals surface area contributed by atoms with E-state index in [1.54, 1.807) is 31.3 Å². The number of pyridine rings is 1. The first-order valence-corrected chi connectivity index (χ1v) is 7.42. The zero-order valence-corrected chi connectivity index (χ0v) is 12.7. The smallest absolute Gasteiger partial charge is 0.345 e. The Morgan fingerprint density at radius 3 is 2.61 bits per heavy atom. The van der Waals surface area contributed by atoms with Crippen LogP contribution in [-0.4, -0.2) is 22.0 Å². The molecular weight excluding hydrogens is 292 g/mol. The summed E-state index contributed by atoms with van der Waals surface area (Å²) in [5.41, 5.74) is 1.52. The summed E-state index contributed by atoms with van der Waals surface area (Å²) in [6.07, 6.45) is 2.00. The van der Waals surface area contributed by atoms with Crippen molar-refractivity contribution >= 4 is 11.6 Å². The van der Waals surface area contributed by atoms with Crippen molar-refractivity contribution in [2.75, 3.05) is 6.61 Å². The SMILES string of the molecule is CCOC(=O)c1c(Cc2ccccc2)nc2ccccn2c1=O. The number of ether oxygens (including phenoxy) is 1. The summed E-state index contributed by atoms with van der Waals surface area (Å²) >= 11 is 0. The Morgan fingerprint density at radius 2 is 1.87 bits per heavy atom. The maximum atomic E-state index is 12.7. The maximum absolute atomic E-state index is 12.7. The lowest BCUT2D eigenvalue weighted by Crippen LogP contribution is -2.27. The molecule has 3 aromatic rings. The third-order valence-corrected chi connectivity index (χ3v) is 3.50. The number of fused-ring (bicyclic) bond motifs is 1. The van der Waals surface area contributed by atoms with E-state index in [9.17, 15) is 9.59 Å². The molecule has 0 fully saturated rings. The number of nitrogens with zero attached hydrogens (tertiary/aromatic N) is 2. The zero-order chi connectivity index (χ0) is 16.2. The number of esters is 1. The molecule has 3 rings (SSSR count). The van der Waals surface area contributed by atoms with Crippen LogP contribution < -0.4 is 5.56 Å². The van der Waals surface area contributed by atoms with Gasteiger partial charge >= 0.3 is 5.97 Å². The first-order valence-electron chi connectivity index (χ1n) is 7.42. The van der Waals surface area contributed by atoms with E-state index in [0.717, 1.165) is 5.56 Å². The van der Waals surface area contributed by atoms with Crippen LogP contribution in [0.25, 0.3) is 5.65 Å². The molecule has 0 spiro atoms. The van der Waals surface area contributed by atoms with Crippen LogP contribution in [0.3, 0.4) is 0 Å². The molecule has 0 amide bonds. The predicted molar refractivity (Wildman–Crippen MR) is 86.7 cm³/mol. The molecule has 5 nitrogen and oxygen atoms in total. The van der Waals surface area contributed by atoms with Gasteiger partial charge in [0.25, 0.3) is 5.56 Å². The van der Waals surface area contributed by atoms with Gasteiger partial charge in [-0.05, 0) is 24.6 Å². The van der Waals surface area contributed by atoms with Crippen LogP contribution in [0.2, 0.25) is 0 Å². The van der Waals surface area contributed by atoms with Gasteiger partial charge in [-0.1, -0.05) is 36.4 Å². The van der Waals surface area contributed by atoms with Gasteiger partial charge in [0.15, 0.2) is 0 Å². The maximum Gasteiger partial charge on any atom is 0.345 e. The molecule has 0 N–H and O–H groups in total. The number of carbonyl (C=O) groups excluding carboxylic acids is 1. The number of hydrogen-bond donors (Lipinski definition) is 0. The molecule has 116 valence electrons. The molecule has 0 radical (unpaired) electrons. The normalized spacial score (nSPS) is 10.7. The molecule has 0 aliphatic rings. The largest absolute Gasteiger partial charge is 0.462 e. The molecule has 0 saturated heterocycles. The minimum atomic E-state index is -0.630. The molecule has 23 heavy (non-hydrogen) atoms. The van der Waals surface area contributed by atoms with E-state index in [1.807, 2.05) is 30.3 Å². The van der Waals surface area contributed by atoms with Gasteiger partial charge in [-0.3, -0.25) is 9.20 Å². The van der Waals surface area contributed by atoms with Crippen LogP contribution in [-0.2, 0) is 11.2 Å². The highest BCUT2D eigenvalue weighted by molar-refractivity contribution is 5.90. The van der Waals surface area contributed by atoms with Gasteiger partial charge in [-0.15, -0.1) is 0 Å². The van der Waals surface area contributed by atoms with E-state index < -0.39 is 11.5 Å². The summed E-state index contributed by atoms with van der Waals surface area (Å²) in [7, 11) is 0. The summed E-state index contributed by atoms with van der Waals surface area (Å²) in [4.78, 5) is 29.4. The van der Waals surface area contributed by atoms with Crippen molar-refractivity contribution in [3.05, 3.63) is 81.9 Å². The lowest BCUT2D eigenvalue weighted by Gasteiger charge is -2.10. The second-order valence-electron chi connectivity index (χ2n) is 5.05. The van der Waals surface area contributed by atoms with Crippen LogP contribution in [0.15, 0.2) is 59.5 Å². The minimum Gasteiger partial charge on any atom is -0.462 e. The predicted octanol–water partition coefficient (Wildman–Crippen LogP) is 2.46. The van der Waals surface area contributed by atoms with Gasteiger partial charge < -0.3 is 4.74 Å². The molecule has 0 aliphatic heterocycles. The fourth-order valence-corrected chi connectivity index (χ4v) is 2.46. The Morgan fingerprint density at radius 1 is 1.13 bits per heavy atom. The highest BCUT2D eigenvalue weighted by atomic mass is 16.5. The van der Waals surface area contributed by atoms with E-state index in [4.69, 9.17) is 4.74 Å². The van der Waals surface area contributed by atoms with Gasteiger partial charge in [0.1, 0.15) is 11.2 Å². The van der Waals surface area contributed by atoms with Gasteiger partial charge in [-0.2, -0.15) is 0 Å². The summed E-state index contributed by atoms with van der Waals surface area (Å²) < 4.78 is 6.41. The summed E-state index contributed by atoms with van der Waals surface area (Å²) in [6.45, 7) is 1.92. The average molecular weight is 308 g/mol. The lowest BCUT2D eigenvalue weighted by molar-refractivity contribution is 0.0522. The first-order chi connectivity index (χ1) is 11.2. The Bertz CT molecular complexity index is 901. The van der Waals surface area contributed by atoms with Crippen molar-refractivity contribution in [3.63, 3.8) is 0 Å². The third-order valence-electron chi connectivity index (χ3n) is 3.50. The molecular formula is C18H16N2O3. The van der Waals surface area contributed by atoms with Crippen LogP contribution in [0, 0.1) is 0 Å². The summed E-state index contributed by atoms with van der Waals surface area (Å²) in [5, 5.41) is 0. The summed E-state index contributed by atoms with van der Waals surface area (Å²) in [6, 6.07) is 14.9. The third kappa shape index (κ3) is 2.99. The molecule has 2 aromatic heterocycles. The molecule has 0 unspecified atom stereocenters. The number of rotatable bonds is 4. The first kappa shape index (κ1) is 15.0. The quantitative estimate of drug-likeness (QED) is 0.695. The summed E-state index contributed by atoms with van der Waals surface area (Å²) in [5.74, 6) is -0.630. The van der Waals surface area contributed by atoms with E-state index in [-0.39, 0.29) is 12.2 Å². The Kier molecular flexibility index (Phi) is 4.19. The number of carbonyl (C=O) groups is 1. The van der Waals surface area contributed by atoms with Crippen molar-refractivity contribution in [1.82, 2.24) is 9.38 Å². The molecule has 2 heterocycles. The van der Waals surface area contributed by atoms with E-state index >= 15 is 0 Å². The number of benzene rings is 1. The van der Waals surface area contributed by atoms with Gasteiger partial charge in [0.05, 0.1) is 12.3 Å². The molecule has 0 atom stereocenters. The van der Waals surface area contributed by atoms with E-state index in [0.29, 0.717) is 17.8 Å². The van der Waals surface area contributed by atoms with Crippen molar-refractivity contribution < 1.29 is 9.53 Å². The minimum absolute atomic E-state index is 0.000553. The standard InChI is InChI=1S/C18H16N2O3/c1-2-23-18(22)16-14(12-13-8-4-3-5-9-13)19-15-10-6-7-11-20(15)17(16)21/h3-11H,2,12H2,1H3. The van der Waals surface area contributed by atoms with Crippen molar-refractivity contribution in [3.8, 4) is 0 Å². The Balaban J connectivity index is 2.19. The molecule has 5 heteroatoms. The monoisotopic (exact) mass is 308 g/mol. The van der Waals surface area contributed by atoms with Crippen molar-refractivity contribution in [1.29, 1.82) is 0 Å². The van der Waals surface area contributed by atoms with Crippen LogP contribution in [0.5, 0.6) is 0 Å². The Hall–Kier alpha value is -2.95. The van der Waals surface area contributed by atoms with Gasteiger partial charge in [0.2, 0.25) is 0 Å².